The first-order valence-corrected chi connectivity index (χ1v) is 21.9. The number of aliphatic hydroxyl groups is 2. The van der Waals surface area contributed by atoms with Crippen molar-refractivity contribution >= 4 is 5.91 Å². The average molecular weight is 678 g/mol. The summed E-state index contributed by atoms with van der Waals surface area (Å²) >= 11 is 0. The number of amides is 1. The maximum Gasteiger partial charge on any atom is 0.220 e. The zero-order chi connectivity index (χ0) is 35.0. The molecule has 286 valence electrons. The fraction of sp³-hybridized carbons (Fsp3) is 0.932. The number of unbranched alkanes of at least 4 members (excludes halogenated alkanes) is 33. The topological polar surface area (TPSA) is 69.6 Å². The predicted molar refractivity (Wildman–Crippen MR) is 212 cm³/mol. The van der Waals surface area contributed by atoms with E-state index in [9.17, 15) is 15.0 Å². The van der Waals surface area contributed by atoms with E-state index < -0.39 is 12.1 Å². The molecule has 0 aliphatic carbocycles. The smallest absolute Gasteiger partial charge is 0.220 e. The van der Waals surface area contributed by atoms with Gasteiger partial charge in [-0.15, -0.1) is 0 Å². The molecule has 0 heterocycles. The zero-order valence-corrected chi connectivity index (χ0v) is 32.8. The van der Waals surface area contributed by atoms with Crippen molar-refractivity contribution in [3.05, 3.63) is 12.2 Å². The molecule has 0 saturated carbocycles. The van der Waals surface area contributed by atoms with Gasteiger partial charge in [0.25, 0.3) is 0 Å². The molecule has 0 aliphatic heterocycles. The summed E-state index contributed by atoms with van der Waals surface area (Å²) in [5.41, 5.74) is 0. The second-order valence-corrected chi connectivity index (χ2v) is 15.1. The molecule has 0 aromatic carbocycles. The van der Waals surface area contributed by atoms with Gasteiger partial charge in [-0.05, 0) is 19.3 Å². The minimum atomic E-state index is -0.830. The molecule has 1 amide bonds. The number of nitrogens with one attached hydrogen (secondary N) is 1. The number of carbonyl (C=O) groups is 1. The van der Waals surface area contributed by atoms with E-state index in [0.29, 0.717) is 6.42 Å². The molecule has 2 atom stereocenters. The predicted octanol–water partition coefficient (Wildman–Crippen LogP) is 13.5. The molecule has 4 nitrogen and oxygen atoms in total. The van der Waals surface area contributed by atoms with Gasteiger partial charge in [-0.2, -0.15) is 0 Å². The number of carbonyl (C=O) groups excluding carboxylic acids is 1. The summed E-state index contributed by atoms with van der Waals surface area (Å²) in [6.07, 6.45) is 50.9. The Morgan fingerprint density at radius 2 is 0.771 bits per heavy atom. The van der Waals surface area contributed by atoms with Gasteiger partial charge in [0.2, 0.25) is 5.91 Å². The molecule has 0 saturated heterocycles. The van der Waals surface area contributed by atoms with Crippen molar-refractivity contribution in [1.82, 2.24) is 5.32 Å². The molecular formula is C44H87NO3. The largest absolute Gasteiger partial charge is 0.394 e. The van der Waals surface area contributed by atoms with E-state index in [1.165, 1.54) is 199 Å². The highest BCUT2D eigenvalue weighted by Gasteiger charge is 2.17. The SMILES string of the molecule is CCCCC/C=C/C(O)C(CO)NC(=O)CCCCCCCCCCCCCCCCCCCCCCCCCCCCCCCCC. The van der Waals surface area contributed by atoms with E-state index in [-0.39, 0.29) is 12.5 Å². The van der Waals surface area contributed by atoms with E-state index in [1.807, 2.05) is 6.08 Å². The second-order valence-electron chi connectivity index (χ2n) is 15.1. The third-order valence-electron chi connectivity index (χ3n) is 10.3. The summed E-state index contributed by atoms with van der Waals surface area (Å²) in [6, 6.07) is -0.613. The van der Waals surface area contributed by atoms with Gasteiger partial charge in [-0.1, -0.05) is 231 Å². The van der Waals surface area contributed by atoms with Crippen molar-refractivity contribution in [2.75, 3.05) is 6.61 Å². The van der Waals surface area contributed by atoms with Gasteiger partial charge in [0.1, 0.15) is 0 Å². The van der Waals surface area contributed by atoms with E-state index >= 15 is 0 Å². The van der Waals surface area contributed by atoms with Crippen LogP contribution in [0.2, 0.25) is 0 Å². The van der Waals surface area contributed by atoms with Crippen LogP contribution in [0.5, 0.6) is 0 Å². The Bertz CT molecular complexity index is 651. The quantitative estimate of drug-likeness (QED) is 0.0446. The molecule has 0 aliphatic rings. The molecule has 3 N–H and O–H groups in total. The highest BCUT2D eigenvalue weighted by molar-refractivity contribution is 5.76. The van der Waals surface area contributed by atoms with Crippen LogP contribution in [0.4, 0.5) is 0 Å². The highest BCUT2D eigenvalue weighted by atomic mass is 16.3. The van der Waals surface area contributed by atoms with Gasteiger partial charge >= 0.3 is 0 Å². The van der Waals surface area contributed by atoms with E-state index in [4.69, 9.17) is 0 Å². The maximum atomic E-state index is 12.2. The highest BCUT2D eigenvalue weighted by Crippen LogP contribution is 2.17. The lowest BCUT2D eigenvalue weighted by Crippen LogP contribution is -2.45. The Balaban J connectivity index is 3.30. The normalized spacial score (nSPS) is 13.0. The molecule has 4 heteroatoms. The van der Waals surface area contributed by atoms with Crippen LogP contribution < -0.4 is 5.32 Å². The van der Waals surface area contributed by atoms with Crippen LogP contribution >= 0.6 is 0 Å². The standard InChI is InChI=1S/C44H87NO3/c1-3-5-7-9-10-11-12-13-14-15-16-17-18-19-20-21-22-23-24-25-26-27-28-29-30-31-32-33-34-36-38-40-44(48)45-42(41-46)43(47)39-37-35-8-6-4-2/h37,39,42-43,46-47H,3-36,38,40-41H2,1-2H3,(H,45,48)/b39-37+. The number of hydrogen-bond donors (Lipinski definition) is 3. The van der Waals surface area contributed by atoms with Crippen LogP contribution in [0, 0.1) is 0 Å². The van der Waals surface area contributed by atoms with Crippen molar-refractivity contribution in [3.63, 3.8) is 0 Å². The fourth-order valence-electron chi connectivity index (χ4n) is 6.89. The first-order valence-electron chi connectivity index (χ1n) is 21.9. The zero-order valence-electron chi connectivity index (χ0n) is 32.8. The number of rotatable bonds is 40. The summed E-state index contributed by atoms with van der Waals surface area (Å²) in [5, 5.41) is 22.6. The van der Waals surface area contributed by atoms with E-state index in [1.54, 1.807) is 6.08 Å². The Labute approximate surface area is 301 Å². The van der Waals surface area contributed by atoms with Gasteiger partial charge in [0.15, 0.2) is 0 Å². The van der Waals surface area contributed by atoms with Crippen molar-refractivity contribution < 1.29 is 15.0 Å². The lowest BCUT2D eigenvalue weighted by Gasteiger charge is -2.20. The molecular weight excluding hydrogens is 590 g/mol. The van der Waals surface area contributed by atoms with Crippen LogP contribution in [0.25, 0.3) is 0 Å². The molecule has 0 fully saturated rings. The molecule has 0 radical (unpaired) electrons. The van der Waals surface area contributed by atoms with Crippen molar-refractivity contribution in [2.24, 2.45) is 0 Å². The van der Waals surface area contributed by atoms with Crippen LogP contribution in [-0.4, -0.2) is 34.9 Å². The Kier molecular flexibility index (Phi) is 39.8. The van der Waals surface area contributed by atoms with Crippen LogP contribution in [0.15, 0.2) is 12.2 Å². The monoisotopic (exact) mass is 678 g/mol. The van der Waals surface area contributed by atoms with Crippen LogP contribution in [0.1, 0.15) is 245 Å². The third-order valence-corrected chi connectivity index (χ3v) is 10.3. The van der Waals surface area contributed by atoms with Crippen LogP contribution in [0.3, 0.4) is 0 Å². The number of allylic oxidation sites excluding steroid dienone is 1. The Morgan fingerprint density at radius 3 is 1.08 bits per heavy atom. The summed E-state index contributed by atoms with van der Waals surface area (Å²) in [7, 11) is 0. The van der Waals surface area contributed by atoms with E-state index in [2.05, 4.69) is 19.2 Å². The summed E-state index contributed by atoms with van der Waals surface area (Å²) in [4.78, 5) is 12.2. The number of aliphatic hydroxyl groups excluding tert-OH is 2. The minimum absolute atomic E-state index is 0.0668. The van der Waals surface area contributed by atoms with Gasteiger partial charge in [-0.3, -0.25) is 4.79 Å². The summed E-state index contributed by atoms with van der Waals surface area (Å²) in [6.45, 7) is 4.22. The third kappa shape index (κ3) is 36.4. The molecule has 0 rings (SSSR count). The van der Waals surface area contributed by atoms with Crippen molar-refractivity contribution in [3.8, 4) is 0 Å². The summed E-state index contributed by atoms with van der Waals surface area (Å²) in [5.74, 6) is -0.0668. The molecule has 0 aromatic rings. The maximum absolute atomic E-state index is 12.2. The van der Waals surface area contributed by atoms with Gasteiger partial charge in [0, 0.05) is 6.42 Å². The first kappa shape index (κ1) is 47.1. The minimum Gasteiger partial charge on any atom is -0.394 e. The lowest BCUT2D eigenvalue weighted by atomic mass is 10.0. The second kappa shape index (κ2) is 40.6. The van der Waals surface area contributed by atoms with Crippen LogP contribution in [-0.2, 0) is 4.79 Å². The molecule has 48 heavy (non-hydrogen) atoms. The lowest BCUT2D eigenvalue weighted by molar-refractivity contribution is -0.123. The fourth-order valence-corrected chi connectivity index (χ4v) is 6.89. The van der Waals surface area contributed by atoms with Gasteiger partial charge in [0.05, 0.1) is 18.8 Å². The van der Waals surface area contributed by atoms with E-state index in [0.717, 1.165) is 25.7 Å². The van der Waals surface area contributed by atoms with Crippen molar-refractivity contribution in [1.29, 1.82) is 0 Å². The first-order chi connectivity index (χ1) is 23.7. The summed E-state index contributed by atoms with van der Waals surface area (Å²) < 4.78 is 0. The Morgan fingerprint density at radius 1 is 0.479 bits per heavy atom. The Hall–Kier alpha value is -0.870. The van der Waals surface area contributed by atoms with Gasteiger partial charge < -0.3 is 15.5 Å². The number of hydrogen-bond acceptors (Lipinski definition) is 3. The molecule has 2 unspecified atom stereocenters. The molecule has 0 aromatic heterocycles. The average Bonchev–Trinajstić information content (AvgIpc) is 3.09. The van der Waals surface area contributed by atoms with Crippen molar-refractivity contribution in [2.45, 2.75) is 257 Å². The molecule has 0 bridgehead atoms. The van der Waals surface area contributed by atoms with Gasteiger partial charge in [-0.25, -0.2) is 0 Å². The molecule has 0 spiro atoms.